The van der Waals surface area contributed by atoms with Crippen LogP contribution in [0.1, 0.15) is 264 Å². The first kappa shape index (κ1) is 94.1. The minimum atomic E-state index is -1.99. The van der Waals surface area contributed by atoms with Gasteiger partial charge in [0.15, 0.2) is 18.9 Å². The number of amides is 1. The molecule has 3 aliphatic heterocycles. The van der Waals surface area contributed by atoms with Crippen molar-refractivity contribution in [1.29, 1.82) is 0 Å². The normalized spacial score (nSPS) is 26.6. The second-order valence-electron chi connectivity index (χ2n) is 28.1. The first-order valence-electron chi connectivity index (χ1n) is 40.4. The fourth-order valence-corrected chi connectivity index (χ4v) is 12.7. The van der Waals surface area contributed by atoms with Crippen molar-refractivity contribution in [2.45, 2.75) is 369 Å². The molecule has 0 radical (unpaired) electrons. The third-order valence-electron chi connectivity index (χ3n) is 19.2. The summed E-state index contributed by atoms with van der Waals surface area (Å²) in [5.74, 6) is -0.290. The maximum absolute atomic E-state index is 13.5. The van der Waals surface area contributed by atoms with Gasteiger partial charge in [0.25, 0.3) is 0 Å². The summed E-state index contributed by atoms with van der Waals surface area (Å²) in [5, 5.41) is 121. The standard InChI is InChI=1S/C85H143NO18/c1-3-5-7-9-11-13-15-17-19-21-23-24-25-26-27-28-29-30-31-32-33-34-35-36-37-38-39-40-41-42-43-44-45-47-49-51-53-55-57-59-61-63-73(91)86-68(69(90)62-60-58-56-54-52-50-48-46-22-20-18-16-14-12-10-8-6-4-2)67-99-83-79(97)76(94)81(71(65-88)101-83)104-85-80(98)77(95)82(72(66-89)102-85)103-84-78(96)75(93)74(92)70(64-87)100-84/h5,7,11,13,17,19,23-24,26-27,29-30,32-33,35-36,38-39,52,54,60,62,68-72,74-85,87-90,92-98H,3-4,6,8-10,12,14-16,18,20-22,25,28,31,34,37,40-51,53,55-59,61,63-67H2,1-2H3,(H,86,91)/b7-5-,13-11-,19-17-,24-23-,27-26-,30-29-,33-32-,36-35-,39-38-,54-52+,62-60+. The van der Waals surface area contributed by atoms with Crippen LogP contribution >= 0.6 is 0 Å². The molecule has 596 valence electrons. The smallest absolute Gasteiger partial charge is 0.220 e. The molecule has 17 unspecified atom stereocenters. The van der Waals surface area contributed by atoms with E-state index >= 15 is 0 Å². The maximum Gasteiger partial charge on any atom is 0.220 e. The molecule has 0 aromatic heterocycles. The number of hydrogen-bond acceptors (Lipinski definition) is 18. The number of hydrogen-bond donors (Lipinski definition) is 12. The second kappa shape index (κ2) is 63.8. The Morgan fingerprint density at radius 2 is 0.673 bits per heavy atom. The Morgan fingerprint density at radius 1 is 0.356 bits per heavy atom. The van der Waals surface area contributed by atoms with Crippen LogP contribution in [0.3, 0.4) is 0 Å². The van der Waals surface area contributed by atoms with Gasteiger partial charge in [0, 0.05) is 6.42 Å². The summed E-state index contributed by atoms with van der Waals surface area (Å²) in [6.45, 7) is 1.60. The highest BCUT2D eigenvalue weighted by molar-refractivity contribution is 5.76. The average molecular weight is 1470 g/mol. The van der Waals surface area contributed by atoms with Crippen LogP contribution in [0.25, 0.3) is 0 Å². The molecule has 0 bridgehead atoms. The molecule has 19 nitrogen and oxygen atoms in total. The minimum Gasteiger partial charge on any atom is -0.394 e. The van der Waals surface area contributed by atoms with Gasteiger partial charge in [0.2, 0.25) is 5.91 Å². The van der Waals surface area contributed by atoms with Gasteiger partial charge in [0.1, 0.15) is 73.2 Å². The highest BCUT2D eigenvalue weighted by atomic mass is 16.8. The van der Waals surface area contributed by atoms with E-state index in [1.165, 1.54) is 122 Å². The summed E-state index contributed by atoms with van der Waals surface area (Å²) in [6.07, 6.45) is 64.4. The number of allylic oxidation sites excluding steroid dienone is 21. The van der Waals surface area contributed by atoms with Crippen LogP contribution in [0.15, 0.2) is 134 Å². The lowest BCUT2D eigenvalue weighted by Crippen LogP contribution is -2.66. The molecule has 3 fully saturated rings. The molecule has 104 heavy (non-hydrogen) atoms. The first-order valence-corrected chi connectivity index (χ1v) is 40.4. The van der Waals surface area contributed by atoms with E-state index in [0.29, 0.717) is 12.8 Å². The second-order valence-corrected chi connectivity index (χ2v) is 28.1. The van der Waals surface area contributed by atoms with E-state index in [1.807, 2.05) is 6.08 Å². The number of aliphatic hydroxyl groups is 11. The van der Waals surface area contributed by atoms with Crippen LogP contribution in [0.5, 0.6) is 0 Å². The molecule has 0 spiro atoms. The van der Waals surface area contributed by atoms with E-state index in [1.54, 1.807) is 6.08 Å². The van der Waals surface area contributed by atoms with E-state index in [-0.39, 0.29) is 18.9 Å². The Hall–Kier alpha value is -4.07. The lowest BCUT2D eigenvalue weighted by atomic mass is 9.96. The van der Waals surface area contributed by atoms with Gasteiger partial charge in [-0.1, -0.05) is 289 Å². The lowest BCUT2D eigenvalue weighted by Gasteiger charge is -2.48. The van der Waals surface area contributed by atoms with Crippen LogP contribution in [0.4, 0.5) is 0 Å². The summed E-state index contributed by atoms with van der Waals surface area (Å²) < 4.78 is 34.4. The molecule has 17 atom stereocenters. The van der Waals surface area contributed by atoms with Gasteiger partial charge in [-0.05, 0) is 103 Å². The number of unbranched alkanes of at least 4 members (excludes halogenated alkanes) is 26. The van der Waals surface area contributed by atoms with Gasteiger partial charge in [-0.2, -0.15) is 0 Å². The van der Waals surface area contributed by atoms with Gasteiger partial charge in [-0.25, -0.2) is 0 Å². The van der Waals surface area contributed by atoms with Gasteiger partial charge in [-0.15, -0.1) is 0 Å². The molecule has 19 heteroatoms. The van der Waals surface area contributed by atoms with Crippen molar-refractivity contribution in [2.75, 3.05) is 26.4 Å². The van der Waals surface area contributed by atoms with Crippen molar-refractivity contribution >= 4 is 5.91 Å². The Labute approximate surface area is 626 Å². The number of nitrogens with one attached hydrogen (secondary N) is 1. The zero-order valence-electron chi connectivity index (χ0n) is 63.7. The molecule has 0 aromatic carbocycles. The van der Waals surface area contributed by atoms with Crippen molar-refractivity contribution < 1.29 is 89.4 Å². The van der Waals surface area contributed by atoms with Crippen molar-refractivity contribution in [2.24, 2.45) is 0 Å². The number of rotatable bonds is 62. The predicted octanol–water partition coefficient (Wildman–Crippen LogP) is 13.7. The Morgan fingerprint density at radius 3 is 1.08 bits per heavy atom. The fourth-order valence-electron chi connectivity index (χ4n) is 12.7. The maximum atomic E-state index is 13.5. The molecular weight excluding hydrogens is 1320 g/mol. The lowest BCUT2D eigenvalue weighted by molar-refractivity contribution is -0.379. The highest BCUT2D eigenvalue weighted by Crippen LogP contribution is 2.33. The Bertz CT molecular complexity index is 2400. The van der Waals surface area contributed by atoms with Crippen molar-refractivity contribution in [3.05, 3.63) is 134 Å². The molecular formula is C85H143NO18. The van der Waals surface area contributed by atoms with Crippen molar-refractivity contribution in [3.8, 4) is 0 Å². The van der Waals surface area contributed by atoms with Crippen molar-refractivity contribution in [3.63, 3.8) is 0 Å². The summed E-state index contributed by atoms with van der Waals surface area (Å²) in [5.41, 5.74) is 0. The molecule has 0 aliphatic carbocycles. The molecule has 0 saturated carbocycles. The summed E-state index contributed by atoms with van der Waals surface area (Å²) >= 11 is 0. The zero-order valence-corrected chi connectivity index (χ0v) is 63.7. The van der Waals surface area contributed by atoms with Crippen LogP contribution in [-0.2, 0) is 33.2 Å². The van der Waals surface area contributed by atoms with E-state index in [2.05, 4.69) is 141 Å². The zero-order chi connectivity index (χ0) is 75.3. The third-order valence-corrected chi connectivity index (χ3v) is 19.2. The topological polar surface area (TPSA) is 307 Å². The molecule has 3 heterocycles. The number of carbonyl (C=O) groups excluding carboxylic acids is 1. The Kier molecular flexibility index (Phi) is 57.8. The summed E-state index contributed by atoms with van der Waals surface area (Å²) in [6, 6.07) is -0.999. The van der Waals surface area contributed by atoms with Gasteiger partial charge in [0.05, 0.1) is 38.6 Å². The minimum absolute atomic E-state index is 0.227. The Balaban J connectivity index is 1.33. The molecule has 3 aliphatic rings. The summed E-state index contributed by atoms with van der Waals surface area (Å²) in [4.78, 5) is 13.5. The highest BCUT2D eigenvalue weighted by Gasteiger charge is 2.54. The number of aliphatic hydroxyl groups excluding tert-OH is 11. The van der Waals surface area contributed by atoms with E-state index in [0.717, 1.165) is 109 Å². The van der Waals surface area contributed by atoms with Gasteiger partial charge >= 0.3 is 0 Å². The van der Waals surface area contributed by atoms with Crippen LogP contribution in [0, 0.1) is 0 Å². The van der Waals surface area contributed by atoms with Crippen molar-refractivity contribution in [1.82, 2.24) is 5.32 Å². The average Bonchev–Trinajstić information content (AvgIpc) is 0.783. The number of carbonyl (C=O) groups is 1. The largest absolute Gasteiger partial charge is 0.394 e. The fraction of sp³-hybridized carbons (Fsp3) is 0.729. The van der Waals surface area contributed by atoms with E-state index in [4.69, 9.17) is 28.4 Å². The van der Waals surface area contributed by atoms with Crippen LogP contribution < -0.4 is 5.32 Å². The number of ether oxygens (including phenoxy) is 6. The van der Waals surface area contributed by atoms with Crippen LogP contribution in [-0.4, -0.2) is 193 Å². The summed E-state index contributed by atoms with van der Waals surface area (Å²) in [7, 11) is 0. The molecule has 12 N–H and O–H groups in total. The monoisotopic (exact) mass is 1470 g/mol. The molecule has 3 rings (SSSR count). The quantitative estimate of drug-likeness (QED) is 0.0199. The van der Waals surface area contributed by atoms with Gasteiger partial charge in [-0.3, -0.25) is 4.79 Å². The predicted molar refractivity (Wildman–Crippen MR) is 415 cm³/mol. The molecule has 3 saturated heterocycles. The van der Waals surface area contributed by atoms with E-state index < -0.39 is 124 Å². The van der Waals surface area contributed by atoms with E-state index in [9.17, 15) is 61.0 Å². The van der Waals surface area contributed by atoms with Gasteiger partial charge < -0.3 is 89.9 Å². The SMILES string of the molecule is CC/C=C\C/C=C\C/C=C\C/C=C\C/C=C\C/C=C\C/C=C\C/C=C\C/C=C\CCCCCCCCCCCCCCCC(=O)NC(COC1OC(CO)C(OC2OC(CO)C(OC3OC(CO)C(O)C(O)C3O)C(O)C2O)C(O)C1O)C(O)/C=C/CC/C=C/CCCCCCCCCCCCCC. The first-order chi connectivity index (χ1) is 50.8. The van der Waals surface area contributed by atoms with Crippen LogP contribution in [0.2, 0.25) is 0 Å². The third kappa shape index (κ3) is 43.2. The molecule has 1 amide bonds. The molecule has 0 aromatic rings.